The van der Waals surface area contributed by atoms with E-state index in [2.05, 4.69) is 5.32 Å². The number of amides is 1. The van der Waals surface area contributed by atoms with Crippen LogP contribution >= 0.6 is 0 Å². The molecule has 0 radical (unpaired) electrons. The summed E-state index contributed by atoms with van der Waals surface area (Å²) in [4.78, 5) is 11.9. The van der Waals surface area contributed by atoms with E-state index in [9.17, 15) is 4.79 Å². The Morgan fingerprint density at radius 1 is 0.913 bits per heavy atom. The number of nitrogens with one attached hydrogen (secondary N) is 1. The predicted molar refractivity (Wildman–Crippen MR) is 91.1 cm³/mol. The van der Waals surface area contributed by atoms with Crippen LogP contribution in [0.25, 0.3) is 10.8 Å². The van der Waals surface area contributed by atoms with E-state index >= 15 is 0 Å². The summed E-state index contributed by atoms with van der Waals surface area (Å²) in [5.41, 5.74) is 0.706. The Balaban J connectivity index is 1.58. The molecule has 3 rings (SSSR count). The lowest BCUT2D eigenvalue weighted by Gasteiger charge is -2.09. The van der Waals surface area contributed by atoms with E-state index in [4.69, 9.17) is 9.47 Å². The Labute approximate surface area is 134 Å². The normalized spacial score (nSPS) is 10.3. The molecule has 1 N–H and O–H groups in total. The molecule has 0 saturated heterocycles. The van der Waals surface area contributed by atoms with Crippen LogP contribution in [0.2, 0.25) is 0 Å². The summed E-state index contributed by atoms with van der Waals surface area (Å²) in [6, 6.07) is 20.9. The average Bonchev–Trinajstić information content (AvgIpc) is 2.60. The average molecular weight is 307 g/mol. The van der Waals surface area contributed by atoms with Crippen molar-refractivity contribution in [2.45, 2.75) is 0 Å². The van der Waals surface area contributed by atoms with E-state index in [1.807, 2.05) is 42.5 Å². The molecule has 0 fully saturated rings. The summed E-state index contributed by atoms with van der Waals surface area (Å²) < 4.78 is 10.6. The molecule has 0 spiro atoms. The van der Waals surface area contributed by atoms with Crippen molar-refractivity contribution in [3.8, 4) is 11.5 Å². The second-order valence-corrected chi connectivity index (χ2v) is 5.07. The van der Waals surface area contributed by atoms with Gasteiger partial charge in [0.1, 0.15) is 11.5 Å². The fourth-order valence-corrected chi connectivity index (χ4v) is 2.28. The molecule has 116 valence electrons. The first-order valence-corrected chi connectivity index (χ1v) is 7.30. The molecule has 1 amide bonds. The zero-order valence-corrected chi connectivity index (χ0v) is 12.8. The van der Waals surface area contributed by atoms with Gasteiger partial charge in [-0.05, 0) is 47.2 Å². The van der Waals surface area contributed by atoms with E-state index in [0.717, 1.165) is 16.5 Å². The summed E-state index contributed by atoms with van der Waals surface area (Å²) in [5.74, 6) is 1.22. The van der Waals surface area contributed by atoms with Gasteiger partial charge in [0.25, 0.3) is 5.91 Å². The fraction of sp³-hybridized carbons (Fsp3) is 0.105. The molecule has 0 unspecified atom stereocenters. The van der Waals surface area contributed by atoms with Crippen LogP contribution in [0.5, 0.6) is 11.5 Å². The number of hydrogen-bond donors (Lipinski definition) is 1. The molecule has 0 aliphatic heterocycles. The van der Waals surface area contributed by atoms with Gasteiger partial charge >= 0.3 is 0 Å². The van der Waals surface area contributed by atoms with Crippen LogP contribution in [0.4, 0.5) is 5.69 Å². The van der Waals surface area contributed by atoms with Gasteiger partial charge in [0.2, 0.25) is 0 Å². The van der Waals surface area contributed by atoms with Crippen molar-refractivity contribution in [3.63, 3.8) is 0 Å². The molecular weight excluding hydrogens is 290 g/mol. The number of methoxy groups -OCH3 is 1. The zero-order chi connectivity index (χ0) is 16.1. The maximum absolute atomic E-state index is 11.9. The van der Waals surface area contributed by atoms with Crippen molar-refractivity contribution >= 4 is 22.4 Å². The van der Waals surface area contributed by atoms with Gasteiger partial charge < -0.3 is 14.8 Å². The second kappa shape index (κ2) is 6.83. The van der Waals surface area contributed by atoms with Crippen LogP contribution in [0, 0.1) is 0 Å². The molecule has 4 heteroatoms. The highest BCUT2D eigenvalue weighted by atomic mass is 16.5. The minimum atomic E-state index is -0.205. The Kier molecular flexibility index (Phi) is 4.43. The highest BCUT2D eigenvalue weighted by Crippen LogP contribution is 2.20. The first-order chi connectivity index (χ1) is 11.2. The highest BCUT2D eigenvalue weighted by Gasteiger charge is 2.04. The fourth-order valence-electron chi connectivity index (χ4n) is 2.28. The molecular formula is C19H17NO3. The number of carbonyl (C=O) groups is 1. The van der Waals surface area contributed by atoms with Gasteiger partial charge in [-0.3, -0.25) is 4.79 Å². The third-order valence-corrected chi connectivity index (χ3v) is 3.46. The maximum atomic E-state index is 11.9. The topological polar surface area (TPSA) is 47.6 Å². The predicted octanol–water partition coefficient (Wildman–Crippen LogP) is 3.87. The number of carbonyl (C=O) groups excluding carboxylic acids is 1. The van der Waals surface area contributed by atoms with Crippen molar-refractivity contribution in [2.75, 3.05) is 19.0 Å². The van der Waals surface area contributed by atoms with Crippen LogP contribution in [-0.2, 0) is 4.79 Å². The third kappa shape index (κ3) is 3.80. The molecule has 0 aromatic heterocycles. The molecule has 3 aromatic rings. The molecule has 4 nitrogen and oxygen atoms in total. The SMILES string of the molecule is COc1ccc(NC(=O)COc2ccc3ccccc3c2)cc1. The molecule has 0 bridgehead atoms. The third-order valence-electron chi connectivity index (χ3n) is 3.46. The lowest BCUT2D eigenvalue weighted by Crippen LogP contribution is -2.20. The van der Waals surface area contributed by atoms with Crippen molar-refractivity contribution in [2.24, 2.45) is 0 Å². The number of rotatable bonds is 5. The van der Waals surface area contributed by atoms with E-state index in [-0.39, 0.29) is 12.5 Å². The second-order valence-electron chi connectivity index (χ2n) is 5.07. The first kappa shape index (κ1) is 14.9. The zero-order valence-electron chi connectivity index (χ0n) is 12.8. The molecule has 0 aliphatic rings. The van der Waals surface area contributed by atoms with Gasteiger partial charge in [-0.15, -0.1) is 0 Å². The Morgan fingerprint density at radius 3 is 2.35 bits per heavy atom. The summed E-state index contributed by atoms with van der Waals surface area (Å²) in [6.07, 6.45) is 0. The van der Waals surface area contributed by atoms with Crippen molar-refractivity contribution in [3.05, 3.63) is 66.7 Å². The van der Waals surface area contributed by atoms with Crippen molar-refractivity contribution in [1.29, 1.82) is 0 Å². The quantitative estimate of drug-likeness (QED) is 0.778. The lowest BCUT2D eigenvalue weighted by atomic mass is 10.1. The van der Waals surface area contributed by atoms with Crippen LogP contribution in [-0.4, -0.2) is 19.6 Å². The molecule has 0 atom stereocenters. The molecule has 0 aliphatic carbocycles. The van der Waals surface area contributed by atoms with Crippen LogP contribution in [0.3, 0.4) is 0 Å². The van der Waals surface area contributed by atoms with Crippen molar-refractivity contribution < 1.29 is 14.3 Å². The van der Waals surface area contributed by atoms with E-state index < -0.39 is 0 Å². The number of hydrogen-bond acceptors (Lipinski definition) is 3. The summed E-state index contributed by atoms with van der Waals surface area (Å²) in [7, 11) is 1.60. The van der Waals surface area contributed by atoms with Gasteiger partial charge in [-0.25, -0.2) is 0 Å². The Hall–Kier alpha value is -3.01. The van der Waals surface area contributed by atoms with E-state index in [0.29, 0.717) is 11.4 Å². The number of ether oxygens (including phenoxy) is 2. The molecule has 0 heterocycles. The summed E-state index contributed by atoms with van der Waals surface area (Å²) in [6.45, 7) is -0.0373. The van der Waals surface area contributed by atoms with E-state index in [1.165, 1.54) is 0 Å². The largest absolute Gasteiger partial charge is 0.497 e. The van der Waals surface area contributed by atoms with E-state index in [1.54, 1.807) is 31.4 Å². The number of anilines is 1. The first-order valence-electron chi connectivity index (χ1n) is 7.30. The van der Waals surface area contributed by atoms with Gasteiger partial charge in [0, 0.05) is 5.69 Å². The van der Waals surface area contributed by atoms with Gasteiger partial charge in [0.05, 0.1) is 7.11 Å². The van der Waals surface area contributed by atoms with Crippen LogP contribution < -0.4 is 14.8 Å². The Morgan fingerprint density at radius 2 is 1.61 bits per heavy atom. The monoisotopic (exact) mass is 307 g/mol. The molecule has 23 heavy (non-hydrogen) atoms. The molecule has 3 aromatic carbocycles. The minimum absolute atomic E-state index is 0.0373. The number of fused-ring (bicyclic) bond motifs is 1. The lowest BCUT2D eigenvalue weighted by molar-refractivity contribution is -0.118. The van der Waals surface area contributed by atoms with Crippen LogP contribution in [0.1, 0.15) is 0 Å². The summed E-state index contributed by atoms with van der Waals surface area (Å²) >= 11 is 0. The van der Waals surface area contributed by atoms with Gasteiger partial charge in [-0.2, -0.15) is 0 Å². The number of benzene rings is 3. The molecule has 0 saturated carbocycles. The Bertz CT molecular complexity index is 812. The standard InChI is InChI=1S/C19H17NO3/c1-22-17-10-7-16(8-11-17)20-19(21)13-23-18-9-6-14-4-2-3-5-15(14)12-18/h2-12H,13H2,1H3,(H,20,21). The van der Waals surface area contributed by atoms with Crippen molar-refractivity contribution in [1.82, 2.24) is 0 Å². The summed E-state index contributed by atoms with van der Waals surface area (Å²) in [5, 5.41) is 5.01. The van der Waals surface area contributed by atoms with Gasteiger partial charge in [-0.1, -0.05) is 30.3 Å². The van der Waals surface area contributed by atoms with Gasteiger partial charge in [0.15, 0.2) is 6.61 Å². The minimum Gasteiger partial charge on any atom is -0.497 e. The van der Waals surface area contributed by atoms with Crippen LogP contribution in [0.15, 0.2) is 66.7 Å². The highest BCUT2D eigenvalue weighted by molar-refractivity contribution is 5.92. The smallest absolute Gasteiger partial charge is 0.262 e. The maximum Gasteiger partial charge on any atom is 0.262 e.